The smallest absolute Gasteiger partial charge is 0.366 e. The molecular formula is C27H42O24. The number of carbonyl (C=O) groups excluding carboxylic acids is 5. The van der Waals surface area contributed by atoms with Crippen molar-refractivity contribution in [1.29, 1.82) is 0 Å². The lowest BCUT2D eigenvalue weighted by Gasteiger charge is -2.42. The van der Waals surface area contributed by atoms with Gasteiger partial charge in [-0.15, -0.1) is 0 Å². The first kappa shape index (κ1) is 44.1. The van der Waals surface area contributed by atoms with Crippen molar-refractivity contribution in [2.75, 3.05) is 19.8 Å². The molecule has 2 fully saturated rings. The van der Waals surface area contributed by atoms with Gasteiger partial charge in [-0.05, 0) is 0 Å². The van der Waals surface area contributed by atoms with Crippen LogP contribution in [0, 0.1) is 5.92 Å². The van der Waals surface area contributed by atoms with Crippen LogP contribution in [0.5, 0.6) is 0 Å². The van der Waals surface area contributed by atoms with Crippen LogP contribution in [0.15, 0.2) is 0 Å². The summed E-state index contributed by atoms with van der Waals surface area (Å²) in [6, 6.07) is 0. The minimum absolute atomic E-state index is 0.299. The number of Topliss-reactive ketones (excluding diaryl/α,β-unsaturated/α-hetero) is 1. The number of ether oxygens (including phenoxy) is 4. The molecule has 294 valence electrons. The molecule has 11 N–H and O–H groups in total. The predicted molar refractivity (Wildman–Crippen MR) is 150 cm³/mol. The Kier molecular flexibility index (Phi) is 17.5. The lowest BCUT2D eigenvalue weighted by molar-refractivity contribution is -0.333. The van der Waals surface area contributed by atoms with Gasteiger partial charge in [-0.2, -0.15) is 0 Å². The Morgan fingerprint density at radius 1 is 0.667 bits per heavy atom. The summed E-state index contributed by atoms with van der Waals surface area (Å²) in [6.07, 6.45) is -29.5. The first-order valence-corrected chi connectivity index (χ1v) is 15.1. The van der Waals surface area contributed by atoms with Gasteiger partial charge in [0, 0.05) is 13.3 Å². The normalized spacial score (nSPS) is 32.4. The Balaban J connectivity index is 2.05. The minimum Gasteiger partial charge on any atom is -0.394 e. The molecule has 0 saturated carbocycles. The van der Waals surface area contributed by atoms with E-state index in [0.717, 1.165) is 6.92 Å². The zero-order chi connectivity index (χ0) is 38.7. The predicted octanol–water partition coefficient (Wildman–Crippen LogP) is -7.92. The average molecular weight is 751 g/mol. The van der Waals surface area contributed by atoms with Crippen LogP contribution in [0.4, 0.5) is 0 Å². The lowest BCUT2D eigenvalue weighted by Crippen LogP contribution is -2.62. The van der Waals surface area contributed by atoms with Crippen LogP contribution >= 0.6 is 0 Å². The lowest BCUT2D eigenvalue weighted by atomic mass is 9.91. The fraction of sp³-hybridized carbons (Fsp3) is 0.815. The topological polar surface area (TPSA) is 382 Å². The third kappa shape index (κ3) is 12.0. The average Bonchev–Trinajstić information content (AvgIpc) is 3.11. The van der Waals surface area contributed by atoms with Gasteiger partial charge in [0.25, 0.3) is 0 Å². The Hall–Kier alpha value is -3.05. The highest BCUT2D eigenvalue weighted by atomic mass is 17.2. The van der Waals surface area contributed by atoms with E-state index in [1.54, 1.807) is 0 Å². The number of ketones is 1. The Labute approximate surface area is 287 Å². The van der Waals surface area contributed by atoms with E-state index < -0.39 is 148 Å². The number of aliphatic hydroxyl groups excluding tert-OH is 11. The summed E-state index contributed by atoms with van der Waals surface area (Å²) >= 11 is 0. The molecule has 2 heterocycles. The first-order valence-electron chi connectivity index (χ1n) is 15.1. The molecule has 2 aliphatic heterocycles. The molecule has 2 rings (SSSR count). The van der Waals surface area contributed by atoms with Crippen LogP contribution < -0.4 is 0 Å². The second-order valence-electron chi connectivity index (χ2n) is 11.3. The first-order chi connectivity index (χ1) is 23.9. The fourth-order valence-corrected chi connectivity index (χ4v) is 4.48. The molecule has 0 aromatic carbocycles. The van der Waals surface area contributed by atoms with Crippen LogP contribution in [0.2, 0.25) is 0 Å². The van der Waals surface area contributed by atoms with Crippen molar-refractivity contribution in [3.8, 4) is 0 Å². The van der Waals surface area contributed by atoms with E-state index >= 15 is 0 Å². The quantitative estimate of drug-likeness (QED) is 0.0396. The fourth-order valence-electron chi connectivity index (χ4n) is 4.48. The molecule has 2 aliphatic rings. The van der Waals surface area contributed by atoms with E-state index in [0.29, 0.717) is 0 Å². The van der Waals surface area contributed by atoms with E-state index in [2.05, 4.69) is 19.6 Å². The summed E-state index contributed by atoms with van der Waals surface area (Å²) in [5, 5.41) is 112. The van der Waals surface area contributed by atoms with Crippen LogP contribution in [0.3, 0.4) is 0 Å². The SMILES string of the molecule is CCC(=O)OOC(=O)C(CC(=O)OOC(C)=O)C(=O)[C@H](O)[C@@H](O)[C@H](O)[C@H](O)CO[C@H]1O[C@H](CO[C@H]2O[C@H](CO)[C@@H](O)[C@H](O)[C@H]2O)[C@@H](O)[C@H](O)[C@H]1O. The van der Waals surface area contributed by atoms with E-state index in [1.807, 2.05) is 0 Å². The van der Waals surface area contributed by atoms with Gasteiger partial charge in [-0.1, -0.05) is 6.92 Å². The molecule has 0 spiro atoms. The summed E-state index contributed by atoms with van der Waals surface area (Å²) in [7, 11) is 0. The summed E-state index contributed by atoms with van der Waals surface area (Å²) in [6.45, 7) is -0.465. The van der Waals surface area contributed by atoms with Crippen molar-refractivity contribution in [1.82, 2.24) is 0 Å². The van der Waals surface area contributed by atoms with Gasteiger partial charge in [-0.25, -0.2) is 38.7 Å². The van der Waals surface area contributed by atoms with E-state index in [1.165, 1.54) is 6.92 Å². The standard InChI is InChI=1S/C27H42O24/c1-3-13(31)49-51-25(43)9(4-14(32)50-48-8(2)29)15(33)19(37)20(38)16(34)10(30)6-44-26-24(42)22(40)18(36)12(47-26)7-45-27-23(41)21(39)17(35)11(5-28)46-27/h9-12,16-24,26-28,30,34-42H,3-7H2,1-2H3/t9?,10-,11-,12-,16-,17-,18-,19+,20+,21+,22+,23-,24-,26+,27+/m1/s1. The minimum atomic E-state index is -2.77. The Morgan fingerprint density at radius 3 is 1.75 bits per heavy atom. The molecule has 24 heteroatoms. The maximum Gasteiger partial charge on any atom is 0.366 e. The van der Waals surface area contributed by atoms with Gasteiger partial charge in [0.1, 0.15) is 79.2 Å². The van der Waals surface area contributed by atoms with Crippen molar-refractivity contribution in [2.45, 2.75) is 113 Å². The largest absolute Gasteiger partial charge is 0.394 e. The van der Waals surface area contributed by atoms with Crippen LogP contribution in [-0.4, -0.2) is 191 Å². The second-order valence-corrected chi connectivity index (χ2v) is 11.3. The molecule has 2 saturated heterocycles. The summed E-state index contributed by atoms with van der Waals surface area (Å²) in [4.78, 5) is 75.8. The van der Waals surface area contributed by atoms with Crippen LogP contribution in [0.25, 0.3) is 0 Å². The number of hydrogen-bond acceptors (Lipinski definition) is 24. The van der Waals surface area contributed by atoms with Crippen molar-refractivity contribution in [3.05, 3.63) is 0 Å². The van der Waals surface area contributed by atoms with Gasteiger partial charge >= 0.3 is 23.9 Å². The van der Waals surface area contributed by atoms with Crippen molar-refractivity contribution < 1.29 is 119 Å². The number of rotatable bonds is 16. The highest BCUT2D eigenvalue weighted by Gasteiger charge is 2.48. The molecule has 0 aromatic heterocycles. The molecule has 0 radical (unpaired) electrons. The van der Waals surface area contributed by atoms with E-state index in [-0.39, 0.29) is 6.42 Å². The van der Waals surface area contributed by atoms with Crippen molar-refractivity contribution in [2.24, 2.45) is 5.92 Å². The molecule has 0 amide bonds. The summed E-state index contributed by atoms with van der Waals surface area (Å²) in [5.41, 5.74) is 0. The van der Waals surface area contributed by atoms with Gasteiger partial charge in [0.15, 0.2) is 18.4 Å². The molecule has 0 bridgehead atoms. The van der Waals surface area contributed by atoms with Crippen LogP contribution in [-0.2, 0) is 62.5 Å². The molecule has 15 atom stereocenters. The van der Waals surface area contributed by atoms with Gasteiger partial charge < -0.3 is 75.1 Å². The highest BCUT2D eigenvalue weighted by molar-refractivity contribution is 6.03. The monoisotopic (exact) mass is 750 g/mol. The number of aliphatic hydroxyl groups is 11. The van der Waals surface area contributed by atoms with Crippen LogP contribution in [0.1, 0.15) is 26.7 Å². The van der Waals surface area contributed by atoms with Gasteiger partial charge in [0.05, 0.1) is 26.2 Å². The highest BCUT2D eigenvalue weighted by Crippen LogP contribution is 2.26. The molecule has 24 nitrogen and oxygen atoms in total. The molecule has 51 heavy (non-hydrogen) atoms. The second kappa shape index (κ2) is 20.3. The van der Waals surface area contributed by atoms with Crippen molar-refractivity contribution >= 4 is 29.7 Å². The maximum atomic E-state index is 12.9. The van der Waals surface area contributed by atoms with Crippen molar-refractivity contribution in [3.63, 3.8) is 0 Å². The molecular weight excluding hydrogens is 708 g/mol. The number of carbonyl (C=O) groups is 5. The third-order valence-electron chi connectivity index (χ3n) is 7.49. The molecule has 0 aliphatic carbocycles. The zero-order valence-electron chi connectivity index (χ0n) is 26.9. The van der Waals surface area contributed by atoms with Gasteiger partial charge in [-0.3, -0.25) is 4.79 Å². The third-order valence-corrected chi connectivity index (χ3v) is 7.49. The van der Waals surface area contributed by atoms with E-state index in [4.69, 9.17) is 18.9 Å². The molecule has 0 aromatic rings. The summed E-state index contributed by atoms with van der Waals surface area (Å²) < 4.78 is 20.9. The Morgan fingerprint density at radius 2 is 1.20 bits per heavy atom. The zero-order valence-corrected chi connectivity index (χ0v) is 26.9. The molecule has 1 unspecified atom stereocenters. The maximum absolute atomic E-state index is 12.9. The van der Waals surface area contributed by atoms with Gasteiger partial charge in [0.2, 0.25) is 0 Å². The van der Waals surface area contributed by atoms with E-state index in [9.17, 15) is 80.1 Å². The Bertz CT molecular complexity index is 1170. The summed E-state index contributed by atoms with van der Waals surface area (Å²) in [5.74, 6) is -9.66. The number of hydrogen-bond donors (Lipinski definition) is 11.